The molecule has 186 valence electrons. The van der Waals surface area contributed by atoms with Crippen molar-refractivity contribution in [3.63, 3.8) is 0 Å². The summed E-state index contributed by atoms with van der Waals surface area (Å²) in [6.07, 6.45) is 1.41. The van der Waals surface area contributed by atoms with Crippen LogP contribution in [0.4, 0.5) is 10.5 Å². The van der Waals surface area contributed by atoms with E-state index >= 15 is 0 Å². The van der Waals surface area contributed by atoms with Crippen molar-refractivity contribution in [2.24, 2.45) is 0 Å². The molecule has 1 saturated heterocycles. The Bertz CT molecular complexity index is 1510. The molecule has 1 heterocycles. The Morgan fingerprint density at radius 2 is 1.89 bits per heavy atom. The van der Waals surface area contributed by atoms with Gasteiger partial charge in [0.25, 0.3) is 11.8 Å². The summed E-state index contributed by atoms with van der Waals surface area (Å²) in [4.78, 5) is 39.3. The summed E-state index contributed by atoms with van der Waals surface area (Å²) in [5.74, 6) is -0.687. The predicted octanol–water partition coefficient (Wildman–Crippen LogP) is 5.49. The SMILES string of the molecule is COc1cc(/C=C2\C(=O)NC(=O)N(c3ccc(Br)c(C)c3)C2=O)cc(I)c1OCc1ccccc1C#N. The number of benzene rings is 3. The first-order valence-electron chi connectivity index (χ1n) is 10.9. The summed E-state index contributed by atoms with van der Waals surface area (Å²) in [5.41, 5.74) is 2.72. The number of ether oxygens (including phenoxy) is 2. The smallest absolute Gasteiger partial charge is 0.335 e. The quantitative estimate of drug-likeness (QED) is 0.211. The van der Waals surface area contributed by atoms with Gasteiger partial charge in [0.05, 0.1) is 28.0 Å². The number of hydrogen-bond acceptors (Lipinski definition) is 6. The summed E-state index contributed by atoms with van der Waals surface area (Å²) >= 11 is 5.47. The van der Waals surface area contributed by atoms with Gasteiger partial charge >= 0.3 is 6.03 Å². The number of carbonyl (C=O) groups is 3. The number of nitrogens with one attached hydrogen (secondary N) is 1. The molecule has 1 aliphatic heterocycles. The summed E-state index contributed by atoms with van der Waals surface area (Å²) in [6.45, 7) is 1.99. The number of amides is 4. The van der Waals surface area contributed by atoms with Gasteiger partial charge in [0.1, 0.15) is 12.2 Å². The lowest BCUT2D eigenvalue weighted by atomic mass is 10.1. The highest BCUT2D eigenvalue weighted by Crippen LogP contribution is 2.36. The van der Waals surface area contributed by atoms with Crippen molar-refractivity contribution in [3.8, 4) is 17.6 Å². The molecule has 1 N–H and O–H groups in total. The van der Waals surface area contributed by atoms with Crippen molar-refractivity contribution >= 4 is 68.1 Å². The number of nitriles is 1. The zero-order valence-electron chi connectivity index (χ0n) is 19.7. The molecule has 0 bridgehead atoms. The van der Waals surface area contributed by atoms with Crippen molar-refractivity contribution in [2.75, 3.05) is 12.0 Å². The normalized spacial score (nSPS) is 14.4. The molecule has 10 heteroatoms. The highest BCUT2D eigenvalue weighted by Gasteiger charge is 2.37. The third-order valence-corrected chi connectivity index (χ3v) is 7.27. The molecule has 0 spiro atoms. The molecule has 8 nitrogen and oxygen atoms in total. The maximum absolute atomic E-state index is 13.3. The monoisotopic (exact) mass is 671 g/mol. The predicted molar refractivity (Wildman–Crippen MR) is 149 cm³/mol. The Balaban J connectivity index is 1.66. The number of rotatable bonds is 6. The minimum atomic E-state index is -0.817. The first-order chi connectivity index (χ1) is 17.7. The van der Waals surface area contributed by atoms with Gasteiger partial charge in [0.15, 0.2) is 11.5 Å². The molecule has 4 rings (SSSR count). The summed E-state index contributed by atoms with van der Waals surface area (Å²) < 4.78 is 13.0. The maximum Gasteiger partial charge on any atom is 0.335 e. The molecule has 0 radical (unpaired) electrons. The number of methoxy groups -OCH3 is 1. The molecule has 0 atom stereocenters. The molecule has 0 unspecified atom stereocenters. The standard InChI is InChI=1S/C27H19BrIN3O5/c1-15-9-19(7-8-21(15)28)32-26(34)20(25(33)31-27(32)35)10-16-11-22(29)24(23(12-16)36-2)37-14-18-6-4-3-5-17(18)13-30/h3-12H,14H2,1-2H3,(H,31,33,35)/b20-10+. The van der Waals surface area contributed by atoms with E-state index in [2.05, 4.69) is 49.9 Å². The minimum Gasteiger partial charge on any atom is -0.493 e. The van der Waals surface area contributed by atoms with E-state index in [1.54, 1.807) is 42.5 Å². The van der Waals surface area contributed by atoms with Gasteiger partial charge in [-0.25, -0.2) is 9.69 Å². The van der Waals surface area contributed by atoms with Gasteiger partial charge in [-0.3, -0.25) is 14.9 Å². The largest absolute Gasteiger partial charge is 0.493 e. The fraction of sp³-hybridized carbons (Fsp3) is 0.111. The van der Waals surface area contributed by atoms with E-state index in [1.807, 2.05) is 19.1 Å². The molecular formula is C27H19BrIN3O5. The van der Waals surface area contributed by atoms with Crippen LogP contribution in [0.15, 0.2) is 64.6 Å². The Kier molecular flexibility index (Phi) is 7.94. The van der Waals surface area contributed by atoms with E-state index in [1.165, 1.54) is 13.2 Å². The van der Waals surface area contributed by atoms with Crippen LogP contribution < -0.4 is 19.7 Å². The average Bonchev–Trinajstić information content (AvgIpc) is 2.87. The molecule has 0 saturated carbocycles. The molecule has 37 heavy (non-hydrogen) atoms. The van der Waals surface area contributed by atoms with E-state index in [-0.39, 0.29) is 12.2 Å². The first-order valence-corrected chi connectivity index (χ1v) is 12.8. The Hall–Kier alpha value is -3.69. The lowest BCUT2D eigenvalue weighted by molar-refractivity contribution is -0.122. The van der Waals surface area contributed by atoms with Crippen LogP contribution in [0.3, 0.4) is 0 Å². The van der Waals surface area contributed by atoms with Gasteiger partial charge in [-0.05, 0) is 83.1 Å². The summed E-state index contributed by atoms with van der Waals surface area (Å²) in [5, 5.41) is 11.5. The molecule has 4 amide bonds. The second kappa shape index (κ2) is 11.1. The van der Waals surface area contributed by atoms with Crippen LogP contribution in [0.25, 0.3) is 6.08 Å². The molecule has 0 aromatic heterocycles. The third-order valence-electron chi connectivity index (χ3n) is 5.57. The van der Waals surface area contributed by atoms with Crippen molar-refractivity contribution in [2.45, 2.75) is 13.5 Å². The number of nitrogens with zero attached hydrogens (tertiary/aromatic N) is 2. The van der Waals surface area contributed by atoms with Gasteiger partial charge in [0, 0.05) is 10.0 Å². The fourth-order valence-electron chi connectivity index (χ4n) is 3.69. The van der Waals surface area contributed by atoms with E-state index in [4.69, 9.17) is 9.47 Å². The van der Waals surface area contributed by atoms with Crippen LogP contribution in [0.5, 0.6) is 11.5 Å². The van der Waals surface area contributed by atoms with Gasteiger partial charge in [0.2, 0.25) is 0 Å². The zero-order chi connectivity index (χ0) is 26.7. The Morgan fingerprint density at radius 1 is 1.14 bits per heavy atom. The summed E-state index contributed by atoms with van der Waals surface area (Å²) in [6, 6.07) is 16.8. The maximum atomic E-state index is 13.3. The molecule has 3 aromatic rings. The van der Waals surface area contributed by atoms with Crippen molar-refractivity contribution in [1.82, 2.24) is 5.32 Å². The molecule has 0 aliphatic carbocycles. The minimum absolute atomic E-state index is 0.154. The second-order valence-corrected chi connectivity index (χ2v) is 10.00. The highest BCUT2D eigenvalue weighted by atomic mass is 127. The number of hydrogen-bond donors (Lipinski definition) is 1. The van der Waals surface area contributed by atoms with Crippen LogP contribution in [0, 0.1) is 21.8 Å². The topological polar surface area (TPSA) is 109 Å². The number of barbiturate groups is 1. The molecule has 3 aromatic carbocycles. The lowest BCUT2D eigenvalue weighted by Gasteiger charge is -2.26. The summed E-state index contributed by atoms with van der Waals surface area (Å²) in [7, 11) is 1.48. The number of urea groups is 1. The first kappa shape index (κ1) is 26.4. The van der Waals surface area contributed by atoms with E-state index in [0.29, 0.717) is 31.9 Å². The Labute approximate surface area is 235 Å². The van der Waals surface area contributed by atoms with Crippen LogP contribution in [-0.2, 0) is 16.2 Å². The zero-order valence-corrected chi connectivity index (χ0v) is 23.4. The van der Waals surface area contributed by atoms with Crippen LogP contribution in [-0.4, -0.2) is 25.0 Å². The van der Waals surface area contributed by atoms with Crippen LogP contribution >= 0.6 is 38.5 Å². The number of anilines is 1. The number of carbonyl (C=O) groups excluding carboxylic acids is 3. The molecule has 1 fully saturated rings. The number of imide groups is 2. The third kappa shape index (κ3) is 5.52. The van der Waals surface area contributed by atoms with Gasteiger partial charge in [-0.15, -0.1) is 0 Å². The van der Waals surface area contributed by atoms with E-state index < -0.39 is 17.8 Å². The van der Waals surface area contributed by atoms with E-state index in [9.17, 15) is 19.6 Å². The molecular weight excluding hydrogens is 653 g/mol. The van der Waals surface area contributed by atoms with Crippen molar-refractivity contribution < 1.29 is 23.9 Å². The lowest BCUT2D eigenvalue weighted by Crippen LogP contribution is -2.54. The average molecular weight is 672 g/mol. The number of halogens is 2. The number of aryl methyl sites for hydroxylation is 1. The highest BCUT2D eigenvalue weighted by molar-refractivity contribution is 14.1. The van der Waals surface area contributed by atoms with Gasteiger partial charge in [-0.2, -0.15) is 5.26 Å². The second-order valence-electron chi connectivity index (χ2n) is 7.98. The van der Waals surface area contributed by atoms with Crippen LogP contribution in [0.2, 0.25) is 0 Å². The van der Waals surface area contributed by atoms with Gasteiger partial charge in [-0.1, -0.05) is 34.1 Å². The van der Waals surface area contributed by atoms with Crippen LogP contribution in [0.1, 0.15) is 22.3 Å². The van der Waals surface area contributed by atoms with Crippen molar-refractivity contribution in [1.29, 1.82) is 5.26 Å². The molecule has 1 aliphatic rings. The van der Waals surface area contributed by atoms with E-state index in [0.717, 1.165) is 20.5 Å². The van der Waals surface area contributed by atoms with Gasteiger partial charge < -0.3 is 9.47 Å². The van der Waals surface area contributed by atoms with Crippen molar-refractivity contribution in [3.05, 3.63) is 90.5 Å². The fourth-order valence-corrected chi connectivity index (χ4v) is 4.72. The Morgan fingerprint density at radius 3 is 2.59 bits per heavy atom.